The maximum Gasteiger partial charge on any atom is 0.163 e. The lowest BCUT2D eigenvalue weighted by atomic mass is 10.1. The van der Waals surface area contributed by atoms with Crippen LogP contribution in [-0.4, -0.2) is 14.8 Å². The van der Waals surface area contributed by atoms with Gasteiger partial charge in [0.05, 0.1) is 0 Å². The minimum atomic E-state index is 0.739. The van der Waals surface area contributed by atoms with Crippen molar-refractivity contribution in [2.45, 2.75) is 6.92 Å². The van der Waals surface area contributed by atoms with Crippen molar-refractivity contribution in [2.75, 3.05) is 0 Å². The van der Waals surface area contributed by atoms with Gasteiger partial charge >= 0.3 is 0 Å². The third-order valence-corrected chi connectivity index (χ3v) is 2.24. The van der Waals surface area contributed by atoms with Crippen LogP contribution in [-0.2, 0) is 7.05 Å². The van der Waals surface area contributed by atoms with E-state index in [1.165, 1.54) is 0 Å². The Kier molecular flexibility index (Phi) is 2.08. The molecule has 14 heavy (non-hydrogen) atoms. The van der Waals surface area contributed by atoms with Gasteiger partial charge in [0.2, 0.25) is 0 Å². The van der Waals surface area contributed by atoms with Gasteiger partial charge in [-0.15, -0.1) is 10.2 Å². The second-order valence-corrected chi connectivity index (χ2v) is 3.26. The molecule has 0 bridgehead atoms. The highest BCUT2D eigenvalue weighted by Gasteiger charge is 2.06. The Morgan fingerprint density at radius 2 is 2.07 bits per heavy atom. The van der Waals surface area contributed by atoms with Gasteiger partial charge in [0.15, 0.2) is 5.82 Å². The summed E-state index contributed by atoms with van der Waals surface area (Å²) in [6.45, 7) is 7.61. The van der Waals surface area contributed by atoms with Crippen LogP contribution < -0.4 is 0 Å². The van der Waals surface area contributed by atoms with Gasteiger partial charge < -0.3 is 4.57 Å². The highest BCUT2D eigenvalue weighted by atomic mass is 15.3. The molecule has 0 fully saturated rings. The SMILES string of the molecule is [CH]c1cccc(-c2nnc(C)n2C)c1. The van der Waals surface area contributed by atoms with E-state index >= 15 is 0 Å². The molecule has 0 spiro atoms. The molecule has 0 amide bonds. The first-order chi connectivity index (χ1) is 6.68. The van der Waals surface area contributed by atoms with E-state index in [9.17, 15) is 0 Å². The van der Waals surface area contributed by atoms with Gasteiger partial charge in [-0.1, -0.05) is 18.2 Å². The van der Waals surface area contributed by atoms with E-state index in [0.29, 0.717) is 0 Å². The Morgan fingerprint density at radius 3 is 2.64 bits per heavy atom. The van der Waals surface area contributed by atoms with Gasteiger partial charge in [0.1, 0.15) is 5.82 Å². The van der Waals surface area contributed by atoms with Crippen molar-refractivity contribution in [2.24, 2.45) is 7.05 Å². The third kappa shape index (κ3) is 1.41. The molecule has 2 aromatic rings. The highest BCUT2D eigenvalue weighted by molar-refractivity contribution is 5.56. The van der Waals surface area contributed by atoms with Gasteiger partial charge in [0.25, 0.3) is 0 Å². The van der Waals surface area contributed by atoms with Crippen molar-refractivity contribution >= 4 is 0 Å². The molecule has 0 N–H and O–H groups in total. The number of benzene rings is 1. The summed E-state index contributed by atoms with van der Waals surface area (Å²) < 4.78 is 1.94. The minimum Gasteiger partial charge on any atom is -0.314 e. The first kappa shape index (κ1) is 8.94. The fraction of sp³-hybridized carbons (Fsp3) is 0.182. The smallest absolute Gasteiger partial charge is 0.163 e. The number of hydrogen-bond acceptors (Lipinski definition) is 2. The molecular formula is C11H11N3. The van der Waals surface area contributed by atoms with Crippen molar-refractivity contribution in [3.63, 3.8) is 0 Å². The zero-order valence-electron chi connectivity index (χ0n) is 8.23. The molecule has 3 nitrogen and oxygen atoms in total. The van der Waals surface area contributed by atoms with E-state index in [1.807, 2.05) is 42.8 Å². The number of aryl methyl sites for hydroxylation is 1. The first-order valence-electron chi connectivity index (χ1n) is 4.40. The van der Waals surface area contributed by atoms with Crippen molar-refractivity contribution in [3.8, 4) is 11.4 Å². The topological polar surface area (TPSA) is 30.7 Å². The molecule has 2 rings (SSSR count). The lowest BCUT2D eigenvalue weighted by molar-refractivity contribution is 0.865. The maximum absolute atomic E-state index is 5.70. The quantitative estimate of drug-likeness (QED) is 0.678. The standard InChI is InChI=1S/C11H11N3/c1-8-5-4-6-10(7-8)11-13-12-9(2)14(11)3/h1,4-7H,2-3H3. The van der Waals surface area contributed by atoms with Crippen molar-refractivity contribution in [1.82, 2.24) is 14.8 Å². The number of aromatic nitrogens is 3. The largest absolute Gasteiger partial charge is 0.314 e. The van der Waals surface area contributed by atoms with Gasteiger partial charge in [-0.2, -0.15) is 0 Å². The first-order valence-corrected chi connectivity index (χ1v) is 4.40. The van der Waals surface area contributed by atoms with E-state index in [-0.39, 0.29) is 0 Å². The summed E-state index contributed by atoms with van der Waals surface area (Å²) in [6.07, 6.45) is 0. The van der Waals surface area contributed by atoms with Crippen LogP contribution in [0.15, 0.2) is 24.3 Å². The fourth-order valence-electron chi connectivity index (χ4n) is 1.34. The average Bonchev–Trinajstić information content (AvgIpc) is 2.48. The predicted molar refractivity (Wildman–Crippen MR) is 54.6 cm³/mol. The normalized spacial score (nSPS) is 10.5. The summed E-state index contributed by atoms with van der Waals surface area (Å²) in [6, 6.07) is 7.63. The van der Waals surface area contributed by atoms with Crippen LogP contribution in [0.25, 0.3) is 11.4 Å². The zero-order valence-corrected chi connectivity index (χ0v) is 8.23. The van der Waals surface area contributed by atoms with Crippen LogP contribution in [0.1, 0.15) is 11.4 Å². The molecule has 3 heteroatoms. The zero-order chi connectivity index (χ0) is 10.1. The Morgan fingerprint density at radius 1 is 1.29 bits per heavy atom. The van der Waals surface area contributed by atoms with Crippen LogP contribution in [0.3, 0.4) is 0 Å². The van der Waals surface area contributed by atoms with Gasteiger partial charge in [-0.25, -0.2) is 0 Å². The van der Waals surface area contributed by atoms with Gasteiger partial charge in [-0.3, -0.25) is 0 Å². The molecule has 70 valence electrons. The van der Waals surface area contributed by atoms with E-state index < -0.39 is 0 Å². The van der Waals surface area contributed by atoms with Crippen LogP contribution >= 0.6 is 0 Å². The van der Waals surface area contributed by atoms with Crippen LogP contribution in [0.5, 0.6) is 0 Å². The monoisotopic (exact) mass is 185 g/mol. The Labute approximate surface area is 83.4 Å². The second kappa shape index (κ2) is 3.25. The van der Waals surface area contributed by atoms with Gasteiger partial charge in [-0.05, 0) is 25.5 Å². The van der Waals surface area contributed by atoms with E-state index in [1.54, 1.807) is 0 Å². The summed E-state index contributed by atoms with van der Waals surface area (Å²) in [5.74, 6) is 1.73. The van der Waals surface area contributed by atoms with Crippen LogP contribution in [0, 0.1) is 13.8 Å². The summed E-state index contributed by atoms with van der Waals surface area (Å²) in [7, 11) is 1.94. The summed E-state index contributed by atoms with van der Waals surface area (Å²) in [4.78, 5) is 0. The molecule has 0 saturated carbocycles. The van der Waals surface area contributed by atoms with Crippen molar-refractivity contribution in [1.29, 1.82) is 0 Å². The molecule has 0 aliphatic carbocycles. The maximum atomic E-state index is 5.70. The number of rotatable bonds is 1. The third-order valence-electron chi connectivity index (χ3n) is 2.24. The minimum absolute atomic E-state index is 0.739. The van der Waals surface area contributed by atoms with Crippen molar-refractivity contribution < 1.29 is 0 Å². The average molecular weight is 185 g/mol. The van der Waals surface area contributed by atoms with E-state index in [2.05, 4.69) is 10.2 Å². The van der Waals surface area contributed by atoms with Gasteiger partial charge in [0, 0.05) is 12.6 Å². The van der Waals surface area contributed by atoms with Crippen LogP contribution in [0.4, 0.5) is 0 Å². The summed E-state index contributed by atoms with van der Waals surface area (Å²) in [5, 5.41) is 8.08. The fourth-order valence-corrected chi connectivity index (χ4v) is 1.34. The highest BCUT2D eigenvalue weighted by Crippen LogP contribution is 2.17. The van der Waals surface area contributed by atoms with E-state index in [0.717, 1.165) is 22.8 Å². The molecule has 0 unspecified atom stereocenters. The summed E-state index contributed by atoms with van der Waals surface area (Å²) in [5.41, 5.74) is 1.73. The lowest BCUT2D eigenvalue weighted by Gasteiger charge is -2.01. The lowest BCUT2D eigenvalue weighted by Crippen LogP contribution is -1.94. The molecule has 2 radical (unpaired) electrons. The molecule has 0 atom stereocenters. The Bertz CT molecular complexity index is 457. The molecular weight excluding hydrogens is 174 g/mol. The number of nitrogens with zero attached hydrogens (tertiary/aromatic N) is 3. The Balaban J connectivity index is 2.55. The Hall–Kier alpha value is -1.64. The molecule has 0 aliphatic heterocycles. The van der Waals surface area contributed by atoms with Crippen molar-refractivity contribution in [3.05, 3.63) is 42.6 Å². The number of hydrogen-bond donors (Lipinski definition) is 0. The second-order valence-electron chi connectivity index (χ2n) is 3.26. The molecule has 0 saturated heterocycles. The molecule has 0 aliphatic rings. The summed E-state index contributed by atoms with van der Waals surface area (Å²) >= 11 is 0. The predicted octanol–water partition coefficient (Wildman–Crippen LogP) is 1.85. The molecule has 1 heterocycles. The molecule has 1 aromatic heterocycles. The van der Waals surface area contributed by atoms with Crippen LogP contribution in [0.2, 0.25) is 0 Å². The van der Waals surface area contributed by atoms with E-state index in [4.69, 9.17) is 6.92 Å². The molecule has 1 aromatic carbocycles.